The molecule has 1 heterocycles. The van der Waals surface area contributed by atoms with E-state index in [1.807, 2.05) is 11.8 Å². The van der Waals surface area contributed by atoms with E-state index in [0.717, 1.165) is 19.0 Å². The summed E-state index contributed by atoms with van der Waals surface area (Å²) >= 11 is 2.04. The second-order valence-electron chi connectivity index (χ2n) is 4.94. The molecule has 0 saturated carbocycles. The quantitative estimate of drug-likeness (QED) is 0.757. The van der Waals surface area contributed by atoms with E-state index >= 15 is 0 Å². The summed E-state index contributed by atoms with van der Waals surface area (Å²) in [5.41, 5.74) is 0.259. The van der Waals surface area contributed by atoms with Crippen LogP contribution in [0.5, 0.6) is 5.75 Å². The highest BCUT2D eigenvalue weighted by Gasteiger charge is 2.12. The van der Waals surface area contributed by atoms with Crippen LogP contribution in [0.3, 0.4) is 0 Å². The van der Waals surface area contributed by atoms with Gasteiger partial charge in [0.2, 0.25) is 0 Å². The van der Waals surface area contributed by atoms with Crippen LogP contribution in [-0.2, 0) is 0 Å². The molecule has 2 N–H and O–H groups in total. The van der Waals surface area contributed by atoms with E-state index in [0.29, 0.717) is 12.4 Å². The molecule has 1 aliphatic heterocycles. The molecule has 4 nitrogen and oxygen atoms in total. The Bertz CT molecular complexity index is 433. The van der Waals surface area contributed by atoms with Crippen molar-refractivity contribution in [2.24, 2.45) is 5.92 Å². The van der Waals surface area contributed by atoms with Gasteiger partial charge in [-0.15, -0.1) is 0 Å². The number of hydrogen-bond acceptors (Lipinski definition) is 4. The minimum absolute atomic E-state index is 0.259. The molecule has 0 bridgehead atoms. The molecule has 5 heteroatoms. The van der Waals surface area contributed by atoms with Crippen LogP contribution < -0.4 is 10.1 Å². The molecular formula is C15H21NO3S. The molecular weight excluding hydrogens is 274 g/mol. The second kappa shape index (κ2) is 8.17. The zero-order valence-corrected chi connectivity index (χ0v) is 12.3. The van der Waals surface area contributed by atoms with Crippen molar-refractivity contribution in [3.05, 3.63) is 29.8 Å². The fourth-order valence-corrected chi connectivity index (χ4v) is 3.42. The number of nitrogens with one attached hydrogen (secondary N) is 1. The molecule has 0 spiro atoms. The van der Waals surface area contributed by atoms with E-state index in [9.17, 15) is 4.79 Å². The summed E-state index contributed by atoms with van der Waals surface area (Å²) in [6.07, 6.45) is 2.61. The van der Waals surface area contributed by atoms with Gasteiger partial charge in [0.25, 0.3) is 0 Å². The number of ether oxygens (including phenoxy) is 1. The third-order valence-electron chi connectivity index (χ3n) is 3.40. The maximum Gasteiger partial charge on any atom is 0.335 e. The number of carboxylic acid groups (broad SMARTS) is 1. The molecule has 0 radical (unpaired) electrons. The van der Waals surface area contributed by atoms with Crippen LogP contribution in [-0.4, -0.2) is 42.3 Å². The Morgan fingerprint density at radius 1 is 1.40 bits per heavy atom. The Morgan fingerprint density at radius 2 is 2.20 bits per heavy atom. The van der Waals surface area contributed by atoms with Crippen molar-refractivity contribution in [1.29, 1.82) is 0 Å². The van der Waals surface area contributed by atoms with Gasteiger partial charge in [-0.1, -0.05) is 6.07 Å². The zero-order valence-electron chi connectivity index (χ0n) is 11.5. The third-order valence-corrected chi connectivity index (χ3v) is 4.45. The lowest BCUT2D eigenvalue weighted by molar-refractivity contribution is 0.0696. The monoisotopic (exact) mass is 295 g/mol. The highest BCUT2D eigenvalue weighted by atomic mass is 32.2. The molecule has 0 amide bonds. The molecule has 1 aromatic carbocycles. The van der Waals surface area contributed by atoms with Crippen molar-refractivity contribution in [1.82, 2.24) is 5.32 Å². The van der Waals surface area contributed by atoms with E-state index in [4.69, 9.17) is 9.84 Å². The Labute approximate surface area is 123 Å². The van der Waals surface area contributed by atoms with Crippen LogP contribution in [0.1, 0.15) is 23.2 Å². The van der Waals surface area contributed by atoms with Crippen molar-refractivity contribution in [3.63, 3.8) is 0 Å². The van der Waals surface area contributed by atoms with Gasteiger partial charge in [-0.25, -0.2) is 4.79 Å². The summed E-state index contributed by atoms with van der Waals surface area (Å²) in [6.45, 7) is 2.41. The van der Waals surface area contributed by atoms with Gasteiger partial charge in [-0.05, 0) is 55.0 Å². The van der Waals surface area contributed by atoms with Crippen molar-refractivity contribution in [2.45, 2.75) is 12.8 Å². The molecule has 110 valence electrons. The van der Waals surface area contributed by atoms with Gasteiger partial charge in [0.1, 0.15) is 12.4 Å². The number of rotatable bonds is 7. The third kappa shape index (κ3) is 5.06. The highest BCUT2D eigenvalue weighted by molar-refractivity contribution is 7.99. The number of carboxylic acids is 1. The van der Waals surface area contributed by atoms with Gasteiger partial charge in [0.15, 0.2) is 0 Å². The Morgan fingerprint density at radius 3 is 2.95 bits per heavy atom. The molecule has 1 aromatic rings. The number of aromatic carboxylic acids is 1. The maximum atomic E-state index is 10.8. The van der Waals surface area contributed by atoms with Crippen LogP contribution in [0.15, 0.2) is 24.3 Å². The number of thioether (sulfide) groups is 1. The first-order chi connectivity index (χ1) is 9.75. The molecule has 1 aliphatic rings. The average Bonchev–Trinajstić information content (AvgIpc) is 2.48. The van der Waals surface area contributed by atoms with E-state index < -0.39 is 5.97 Å². The summed E-state index contributed by atoms with van der Waals surface area (Å²) in [7, 11) is 0. The predicted octanol–water partition coefficient (Wildman–Crippen LogP) is 2.50. The summed E-state index contributed by atoms with van der Waals surface area (Å²) in [5, 5.41) is 12.3. The smallest absolute Gasteiger partial charge is 0.335 e. The lowest BCUT2D eigenvalue weighted by atomic mass is 10.0. The fraction of sp³-hybridized carbons (Fsp3) is 0.533. The number of hydrogen-bond donors (Lipinski definition) is 2. The molecule has 0 aliphatic carbocycles. The molecule has 1 saturated heterocycles. The number of carbonyl (C=O) groups is 1. The SMILES string of the molecule is O=C(O)c1cccc(OCCNCC2CCSCC2)c1. The van der Waals surface area contributed by atoms with Crippen LogP contribution >= 0.6 is 11.8 Å². The van der Waals surface area contributed by atoms with Crippen molar-refractivity contribution >= 4 is 17.7 Å². The zero-order chi connectivity index (χ0) is 14.2. The molecule has 1 fully saturated rings. The Balaban J connectivity index is 1.63. The number of benzene rings is 1. The largest absolute Gasteiger partial charge is 0.492 e. The normalized spacial score (nSPS) is 16.0. The molecule has 0 atom stereocenters. The summed E-state index contributed by atoms with van der Waals surface area (Å²) in [4.78, 5) is 10.8. The first-order valence-electron chi connectivity index (χ1n) is 7.00. The van der Waals surface area contributed by atoms with Gasteiger partial charge >= 0.3 is 5.97 Å². The van der Waals surface area contributed by atoms with Gasteiger partial charge in [0, 0.05) is 6.54 Å². The molecule has 20 heavy (non-hydrogen) atoms. The van der Waals surface area contributed by atoms with Crippen molar-refractivity contribution in [2.75, 3.05) is 31.2 Å². The van der Waals surface area contributed by atoms with Crippen LogP contribution in [0, 0.1) is 5.92 Å². The van der Waals surface area contributed by atoms with Crippen LogP contribution in [0.2, 0.25) is 0 Å². The highest BCUT2D eigenvalue weighted by Crippen LogP contribution is 2.21. The Hall–Kier alpha value is -1.20. The van der Waals surface area contributed by atoms with E-state index in [1.165, 1.54) is 24.3 Å². The minimum atomic E-state index is -0.927. The lowest BCUT2D eigenvalue weighted by Gasteiger charge is -2.21. The van der Waals surface area contributed by atoms with E-state index in [1.54, 1.807) is 24.3 Å². The van der Waals surface area contributed by atoms with Crippen molar-refractivity contribution in [3.8, 4) is 5.75 Å². The minimum Gasteiger partial charge on any atom is -0.492 e. The molecule has 0 unspecified atom stereocenters. The van der Waals surface area contributed by atoms with Crippen molar-refractivity contribution < 1.29 is 14.6 Å². The van der Waals surface area contributed by atoms with Crippen LogP contribution in [0.25, 0.3) is 0 Å². The van der Waals surface area contributed by atoms with E-state index in [-0.39, 0.29) is 5.56 Å². The average molecular weight is 295 g/mol. The second-order valence-corrected chi connectivity index (χ2v) is 6.17. The predicted molar refractivity (Wildman–Crippen MR) is 81.8 cm³/mol. The standard InChI is InChI=1S/C15H21NO3S/c17-15(18)13-2-1-3-14(10-13)19-7-6-16-11-12-4-8-20-9-5-12/h1-3,10,12,16H,4-9,11H2,(H,17,18). The lowest BCUT2D eigenvalue weighted by Crippen LogP contribution is -2.29. The summed E-state index contributed by atoms with van der Waals surface area (Å²) in [6, 6.07) is 6.60. The Kier molecular flexibility index (Phi) is 6.21. The first-order valence-corrected chi connectivity index (χ1v) is 8.16. The van der Waals surface area contributed by atoms with Gasteiger partial charge < -0.3 is 15.2 Å². The first kappa shape index (κ1) is 15.2. The van der Waals surface area contributed by atoms with Crippen LogP contribution in [0.4, 0.5) is 0 Å². The molecule has 2 rings (SSSR count). The molecule has 0 aromatic heterocycles. The maximum absolute atomic E-state index is 10.8. The van der Waals surface area contributed by atoms with Gasteiger partial charge in [-0.3, -0.25) is 0 Å². The topological polar surface area (TPSA) is 58.6 Å². The van der Waals surface area contributed by atoms with Gasteiger partial charge in [0.05, 0.1) is 5.56 Å². The van der Waals surface area contributed by atoms with Gasteiger partial charge in [-0.2, -0.15) is 11.8 Å². The summed E-state index contributed by atoms with van der Waals surface area (Å²) in [5.74, 6) is 3.05. The van der Waals surface area contributed by atoms with E-state index in [2.05, 4.69) is 5.32 Å². The summed E-state index contributed by atoms with van der Waals surface area (Å²) < 4.78 is 5.56. The fourth-order valence-electron chi connectivity index (χ4n) is 2.22.